The summed E-state index contributed by atoms with van der Waals surface area (Å²) in [6.07, 6.45) is 6.84. The Morgan fingerprint density at radius 3 is 2.28 bits per heavy atom. The molecular weight excluding hydrogens is 301 g/mol. The lowest BCUT2D eigenvalue weighted by atomic mass is 9.37. The van der Waals surface area contributed by atoms with Crippen LogP contribution in [0.2, 0.25) is 0 Å². The van der Waals surface area contributed by atoms with Crippen LogP contribution in [0.25, 0.3) is 10.8 Å². The third-order valence-corrected chi connectivity index (χ3v) is 4.91. The predicted molar refractivity (Wildman–Crippen MR) is 113 cm³/mol. The Kier molecular flexibility index (Phi) is 5.80. The first-order chi connectivity index (χ1) is 12.1. The lowest BCUT2D eigenvalue weighted by Gasteiger charge is -2.36. The molecule has 0 saturated carbocycles. The molecule has 2 aromatic carbocycles. The van der Waals surface area contributed by atoms with Crippen LogP contribution in [0.15, 0.2) is 66.7 Å². The van der Waals surface area contributed by atoms with Crippen molar-refractivity contribution in [3.05, 3.63) is 66.7 Å². The molecule has 130 valence electrons. The fourth-order valence-corrected chi connectivity index (χ4v) is 4.03. The van der Waals surface area contributed by atoms with E-state index in [-0.39, 0.29) is 0 Å². The summed E-state index contributed by atoms with van der Waals surface area (Å²) in [5.74, 6) is 4.16. The van der Waals surface area contributed by atoms with Gasteiger partial charge in [-0.1, -0.05) is 93.9 Å². The van der Waals surface area contributed by atoms with Gasteiger partial charge in [0.1, 0.15) is 0 Å². The first-order valence-electron chi connectivity index (χ1n) is 9.63. The third-order valence-electron chi connectivity index (χ3n) is 4.91. The molecule has 0 fully saturated rings. The maximum absolute atomic E-state index is 2.68. The van der Waals surface area contributed by atoms with Crippen LogP contribution < -0.4 is 5.46 Å². The molecule has 25 heavy (non-hydrogen) atoms. The fraction of sp³-hybridized carbons (Fsp3) is 0.391. The molecule has 0 saturated heterocycles. The molecule has 1 aliphatic heterocycles. The van der Waals surface area contributed by atoms with E-state index in [1.165, 1.54) is 16.2 Å². The van der Waals surface area contributed by atoms with Crippen molar-refractivity contribution in [2.45, 2.75) is 33.6 Å². The van der Waals surface area contributed by atoms with Crippen molar-refractivity contribution in [3.63, 3.8) is 0 Å². The van der Waals surface area contributed by atoms with Gasteiger partial charge in [-0.15, -0.1) is 5.98 Å². The molecule has 1 unspecified atom stereocenters. The molecule has 0 aliphatic carbocycles. The molecule has 3 rings (SSSR count). The highest BCUT2D eigenvalue weighted by Gasteiger charge is 2.31. The maximum atomic E-state index is 2.68. The Morgan fingerprint density at radius 1 is 0.880 bits per heavy atom. The van der Waals surface area contributed by atoms with Gasteiger partial charge >= 0.3 is 0 Å². The van der Waals surface area contributed by atoms with Gasteiger partial charge in [0.25, 0.3) is 0 Å². The SMILES string of the molecule is CC(C)CN(CC(C)C)C1C=CC=CB1c1cccc2ccccc12. The first-order valence-corrected chi connectivity index (χ1v) is 9.63. The van der Waals surface area contributed by atoms with Crippen LogP contribution in [0.4, 0.5) is 0 Å². The minimum Gasteiger partial charge on any atom is -0.303 e. The van der Waals surface area contributed by atoms with Crippen molar-refractivity contribution < 1.29 is 0 Å². The standard InChI is InChI=1S/C23H30BN/c1-18(2)16-25(17-19(3)4)23-14-7-8-15-24(23)22-13-9-11-20-10-5-6-12-21(20)22/h5-15,18-19,23H,16-17H2,1-4H3. The fourth-order valence-electron chi connectivity index (χ4n) is 4.03. The molecule has 0 amide bonds. The van der Waals surface area contributed by atoms with Crippen LogP contribution >= 0.6 is 0 Å². The summed E-state index contributed by atoms with van der Waals surface area (Å²) < 4.78 is 0. The molecule has 1 nitrogen and oxygen atoms in total. The van der Waals surface area contributed by atoms with E-state index in [9.17, 15) is 0 Å². The van der Waals surface area contributed by atoms with E-state index in [1.807, 2.05) is 0 Å². The van der Waals surface area contributed by atoms with Gasteiger partial charge in [-0.3, -0.25) is 0 Å². The molecule has 1 atom stereocenters. The molecule has 1 heterocycles. The van der Waals surface area contributed by atoms with Gasteiger partial charge in [0.2, 0.25) is 6.71 Å². The molecule has 0 bridgehead atoms. The van der Waals surface area contributed by atoms with E-state index in [1.54, 1.807) is 0 Å². The molecular formula is C23H30BN. The zero-order chi connectivity index (χ0) is 17.8. The van der Waals surface area contributed by atoms with Crippen LogP contribution in [0.3, 0.4) is 0 Å². The van der Waals surface area contributed by atoms with Crippen molar-refractivity contribution in [2.75, 3.05) is 13.1 Å². The van der Waals surface area contributed by atoms with E-state index in [0.717, 1.165) is 13.1 Å². The van der Waals surface area contributed by atoms with E-state index in [4.69, 9.17) is 0 Å². The second kappa shape index (κ2) is 8.06. The predicted octanol–water partition coefficient (Wildman–Crippen LogP) is 4.73. The number of benzene rings is 2. The van der Waals surface area contributed by atoms with Crippen LogP contribution in [0.5, 0.6) is 0 Å². The summed E-state index contributed by atoms with van der Waals surface area (Å²) in [5, 5.41) is 2.72. The molecule has 2 heteroatoms. The average Bonchev–Trinajstić information content (AvgIpc) is 2.60. The van der Waals surface area contributed by atoms with Gasteiger partial charge in [-0.25, -0.2) is 0 Å². The highest BCUT2D eigenvalue weighted by molar-refractivity contribution is 6.81. The number of nitrogens with zero attached hydrogens (tertiary/aromatic N) is 1. The number of hydrogen-bond donors (Lipinski definition) is 0. The van der Waals surface area contributed by atoms with Crippen LogP contribution in [-0.4, -0.2) is 30.6 Å². The van der Waals surface area contributed by atoms with Gasteiger partial charge < -0.3 is 4.90 Å². The summed E-state index contributed by atoms with van der Waals surface area (Å²) in [7, 11) is 0. The highest BCUT2D eigenvalue weighted by atomic mass is 15.1. The highest BCUT2D eigenvalue weighted by Crippen LogP contribution is 2.19. The van der Waals surface area contributed by atoms with Crippen LogP contribution in [0.1, 0.15) is 27.7 Å². The summed E-state index contributed by atoms with van der Waals surface area (Å²) >= 11 is 0. The number of hydrogen-bond acceptors (Lipinski definition) is 1. The molecule has 1 aliphatic rings. The van der Waals surface area contributed by atoms with Crippen molar-refractivity contribution in [1.82, 2.24) is 4.90 Å². The van der Waals surface area contributed by atoms with E-state index in [2.05, 4.69) is 99.3 Å². The lowest BCUT2D eigenvalue weighted by molar-refractivity contribution is 0.219. The average molecular weight is 331 g/mol. The minimum absolute atomic E-state index is 0.411. The van der Waals surface area contributed by atoms with Crippen LogP contribution in [0, 0.1) is 11.8 Å². The van der Waals surface area contributed by atoms with Crippen molar-refractivity contribution >= 4 is 22.9 Å². The molecule has 0 radical (unpaired) electrons. The zero-order valence-electron chi connectivity index (χ0n) is 16.0. The molecule has 0 N–H and O–H groups in total. The number of fused-ring (bicyclic) bond motifs is 1. The smallest absolute Gasteiger partial charge is 0.224 e. The Hall–Kier alpha value is -1.80. The second-order valence-electron chi connectivity index (χ2n) is 8.10. The Morgan fingerprint density at radius 2 is 1.56 bits per heavy atom. The van der Waals surface area contributed by atoms with Crippen LogP contribution in [-0.2, 0) is 0 Å². The first kappa shape index (κ1) is 18.0. The summed E-state index contributed by atoms with van der Waals surface area (Å²) in [5.41, 5.74) is 1.45. The molecule has 0 aromatic heterocycles. The van der Waals surface area contributed by atoms with Gasteiger partial charge in [0.15, 0.2) is 0 Å². The van der Waals surface area contributed by atoms with Gasteiger partial charge in [0, 0.05) is 19.0 Å². The number of allylic oxidation sites excluding steroid dienone is 2. The van der Waals surface area contributed by atoms with E-state index in [0.29, 0.717) is 24.5 Å². The summed E-state index contributed by atoms with van der Waals surface area (Å²) in [4.78, 5) is 2.68. The Bertz CT molecular complexity index is 744. The largest absolute Gasteiger partial charge is 0.303 e. The van der Waals surface area contributed by atoms with Gasteiger partial charge in [-0.2, -0.15) is 0 Å². The molecule has 0 spiro atoms. The topological polar surface area (TPSA) is 3.24 Å². The van der Waals surface area contributed by atoms with Crippen molar-refractivity contribution in [1.29, 1.82) is 0 Å². The lowest BCUT2D eigenvalue weighted by Crippen LogP contribution is -2.53. The van der Waals surface area contributed by atoms with Gasteiger partial charge in [-0.05, 0) is 22.6 Å². The summed E-state index contributed by atoms with van der Waals surface area (Å²) in [6, 6.07) is 15.5. The number of rotatable bonds is 6. The van der Waals surface area contributed by atoms with Crippen molar-refractivity contribution in [3.8, 4) is 0 Å². The third kappa shape index (κ3) is 4.25. The van der Waals surface area contributed by atoms with Crippen molar-refractivity contribution in [2.24, 2.45) is 11.8 Å². The summed E-state index contributed by atoms with van der Waals surface area (Å²) in [6.45, 7) is 12.0. The Balaban J connectivity index is 2.00. The monoisotopic (exact) mass is 331 g/mol. The zero-order valence-corrected chi connectivity index (χ0v) is 16.0. The normalized spacial score (nSPS) is 17.4. The van der Waals surface area contributed by atoms with E-state index >= 15 is 0 Å². The minimum atomic E-state index is 0.411. The maximum Gasteiger partial charge on any atom is 0.224 e. The second-order valence-corrected chi connectivity index (χ2v) is 8.10. The molecule has 2 aromatic rings. The Labute approximate surface area is 153 Å². The van der Waals surface area contributed by atoms with E-state index < -0.39 is 0 Å². The quantitative estimate of drug-likeness (QED) is 0.692. The van der Waals surface area contributed by atoms with Gasteiger partial charge in [0.05, 0.1) is 0 Å².